The van der Waals surface area contributed by atoms with Gasteiger partial charge in [-0.3, -0.25) is 4.79 Å². The van der Waals surface area contributed by atoms with Gasteiger partial charge in [0.1, 0.15) is 11.4 Å². The fourth-order valence-corrected chi connectivity index (χ4v) is 1.54. The predicted octanol–water partition coefficient (Wildman–Crippen LogP) is 3.21. The first-order chi connectivity index (χ1) is 9.20. The molecule has 0 unspecified atom stereocenters. The van der Waals surface area contributed by atoms with E-state index < -0.39 is 5.91 Å². The second kappa shape index (κ2) is 5.77. The van der Waals surface area contributed by atoms with Gasteiger partial charge in [-0.1, -0.05) is 18.2 Å². The Balaban J connectivity index is 2.37. The molecule has 0 aliphatic rings. The number of hydrogen-bond donors (Lipinski definition) is 1. The van der Waals surface area contributed by atoms with Crippen LogP contribution in [0.3, 0.4) is 0 Å². The van der Waals surface area contributed by atoms with E-state index in [0.29, 0.717) is 22.7 Å². The number of carbonyl (C=O) groups is 1. The smallest absolute Gasteiger partial charge is 0.250 e. The summed E-state index contributed by atoms with van der Waals surface area (Å²) in [6, 6.07) is 14.1. The number of carbonyl (C=O) groups excluding carboxylic acids is 1. The zero-order valence-electron chi connectivity index (χ0n) is 10.4. The van der Waals surface area contributed by atoms with Gasteiger partial charge in [0.15, 0.2) is 0 Å². The van der Waals surface area contributed by atoms with Crippen molar-refractivity contribution in [3.63, 3.8) is 0 Å². The highest BCUT2D eigenvalue weighted by Crippen LogP contribution is 2.26. The Morgan fingerprint density at radius 2 is 1.84 bits per heavy atom. The topological polar surface area (TPSA) is 77.0 Å². The van der Waals surface area contributed by atoms with E-state index in [1.165, 1.54) is 7.11 Å². The lowest BCUT2D eigenvalue weighted by molar-refractivity contribution is 0.100. The minimum absolute atomic E-state index is 0.306. The van der Waals surface area contributed by atoms with Crippen molar-refractivity contribution in [3.8, 4) is 5.75 Å². The second-order valence-electron chi connectivity index (χ2n) is 3.78. The molecule has 0 saturated heterocycles. The predicted molar refractivity (Wildman–Crippen MR) is 72.1 cm³/mol. The van der Waals surface area contributed by atoms with Crippen LogP contribution in [0.2, 0.25) is 0 Å². The molecule has 0 bridgehead atoms. The maximum atomic E-state index is 11.3. The maximum absolute atomic E-state index is 11.3. The lowest BCUT2D eigenvalue weighted by atomic mass is 10.1. The molecular weight excluding hydrogens is 242 g/mol. The van der Waals surface area contributed by atoms with E-state index >= 15 is 0 Å². The molecule has 0 aliphatic heterocycles. The van der Waals surface area contributed by atoms with E-state index in [9.17, 15) is 4.79 Å². The molecule has 1 amide bonds. The van der Waals surface area contributed by atoms with E-state index in [2.05, 4.69) is 10.2 Å². The number of ether oxygens (including phenoxy) is 1. The summed E-state index contributed by atoms with van der Waals surface area (Å²) in [4.78, 5) is 11.3. The average molecular weight is 255 g/mol. The van der Waals surface area contributed by atoms with E-state index in [4.69, 9.17) is 10.5 Å². The van der Waals surface area contributed by atoms with E-state index in [1.807, 2.05) is 30.3 Å². The van der Waals surface area contributed by atoms with E-state index in [1.54, 1.807) is 18.2 Å². The Morgan fingerprint density at radius 3 is 2.47 bits per heavy atom. The van der Waals surface area contributed by atoms with Crippen LogP contribution in [0.15, 0.2) is 58.8 Å². The van der Waals surface area contributed by atoms with Crippen molar-refractivity contribution in [3.05, 3.63) is 54.1 Å². The summed E-state index contributed by atoms with van der Waals surface area (Å²) in [5, 5.41) is 8.11. The molecule has 0 fully saturated rings. The number of azo groups is 1. The number of amides is 1. The summed E-state index contributed by atoms with van der Waals surface area (Å²) in [5.74, 6) is 0.0386. The van der Waals surface area contributed by atoms with Gasteiger partial charge in [-0.15, -0.1) is 5.11 Å². The SMILES string of the molecule is COc1ccc(C(N)=O)c(N=Nc2ccccc2)c1. The third kappa shape index (κ3) is 3.16. The van der Waals surface area contributed by atoms with Crippen LogP contribution in [0.4, 0.5) is 11.4 Å². The van der Waals surface area contributed by atoms with Gasteiger partial charge in [0, 0.05) is 6.07 Å². The molecule has 5 nitrogen and oxygen atoms in total. The van der Waals surface area contributed by atoms with Gasteiger partial charge >= 0.3 is 0 Å². The van der Waals surface area contributed by atoms with E-state index in [0.717, 1.165) is 0 Å². The minimum atomic E-state index is -0.551. The largest absolute Gasteiger partial charge is 0.497 e. The second-order valence-corrected chi connectivity index (χ2v) is 3.78. The first kappa shape index (κ1) is 12.8. The van der Waals surface area contributed by atoms with Gasteiger partial charge in [-0.2, -0.15) is 5.11 Å². The van der Waals surface area contributed by atoms with Crippen molar-refractivity contribution in [2.75, 3.05) is 7.11 Å². The number of primary amides is 1. The molecule has 0 aromatic heterocycles. The van der Waals surface area contributed by atoms with Crippen LogP contribution in [0.1, 0.15) is 10.4 Å². The van der Waals surface area contributed by atoms with Crippen LogP contribution in [0.25, 0.3) is 0 Å². The molecule has 2 N–H and O–H groups in total. The van der Waals surface area contributed by atoms with Crippen LogP contribution < -0.4 is 10.5 Å². The fraction of sp³-hybridized carbons (Fsp3) is 0.0714. The Hall–Kier alpha value is -2.69. The van der Waals surface area contributed by atoms with Crippen LogP contribution in [-0.4, -0.2) is 13.0 Å². The Labute approximate surface area is 110 Å². The van der Waals surface area contributed by atoms with Crippen molar-refractivity contribution in [2.45, 2.75) is 0 Å². The zero-order valence-corrected chi connectivity index (χ0v) is 10.4. The van der Waals surface area contributed by atoms with Gasteiger partial charge in [-0.05, 0) is 24.3 Å². The molecule has 2 aromatic rings. The summed E-state index contributed by atoms with van der Waals surface area (Å²) >= 11 is 0. The van der Waals surface area contributed by atoms with Gasteiger partial charge in [0.2, 0.25) is 0 Å². The Kier molecular flexibility index (Phi) is 3.87. The summed E-state index contributed by atoms with van der Waals surface area (Å²) < 4.78 is 5.09. The normalized spacial score (nSPS) is 10.6. The highest BCUT2D eigenvalue weighted by atomic mass is 16.5. The lowest BCUT2D eigenvalue weighted by Gasteiger charge is -2.04. The van der Waals surface area contributed by atoms with Crippen molar-refractivity contribution >= 4 is 17.3 Å². The molecule has 2 aromatic carbocycles. The van der Waals surface area contributed by atoms with Gasteiger partial charge in [0.05, 0.1) is 18.4 Å². The molecule has 0 spiro atoms. The monoisotopic (exact) mass is 255 g/mol. The number of methoxy groups -OCH3 is 1. The van der Waals surface area contributed by atoms with Crippen LogP contribution >= 0.6 is 0 Å². The number of rotatable bonds is 4. The summed E-state index contributed by atoms with van der Waals surface area (Å²) in [5.41, 5.74) is 6.68. The molecule has 96 valence electrons. The van der Waals surface area contributed by atoms with Crippen molar-refractivity contribution in [1.82, 2.24) is 0 Å². The van der Waals surface area contributed by atoms with Gasteiger partial charge in [0.25, 0.3) is 5.91 Å². The van der Waals surface area contributed by atoms with Crippen molar-refractivity contribution in [2.24, 2.45) is 16.0 Å². The third-order valence-corrected chi connectivity index (χ3v) is 2.50. The van der Waals surface area contributed by atoms with Crippen molar-refractivity contribution < 1.29 is 9.53 Å². The molecule has 0 atom stereocenters. The average Bonchev–Trinajstić information content (AvgIpc) is 2.45. The Bertz CT molecular complexity index is 609. The zero-order chi connectivity index (χ0) is 13.7. The molecule has 2 rings (SSSR count). The molecule has 0 aliphatic carbocycles. The molecule has 0 saturated carbocycles. The number of nitrogens with two attached hydrogens (primary N) is 1. The quantitative estimate of drug-likeness (QED) is 0.851. The maximum Gasteiger partial charge on any atom is 0.250 e. The fourth-order valence-electron chi connectivity index (χ4n) is 1.54. The molecular formula is C14H13N3O2. The number of hydrogen-bond acceptors (Lipinski definition) is 4. The van der Waals surface area contributed by atoms with E-state index in [-0.39, 0.29) is 0 Å². The minimum Gasteiger partial charge on any atom is -0.497 e. The molecule has 0 radical (unpaired) electrons. The lowest BCUT2D eigenvalue weighted by Crippen LogP contribution is -2.10. The molecule has 0 heterocycles. The Morgan fingerprint density at radius 1 is 1.11 bits per heavy atom. The van der Waals surface area contributed by atoms with Crippen LogP contribution in [0.5, 0.6) is 5.75 Å². The summed E-state index contributed by atoms with van der Waals surface area (Å²) in [7, 11) is 1.54. The molecule has 5 heteroatoms. The van der Waals surface area contributed by atoms with Crippen LogP contribution in [0, 0.1) is 0 Å². The van der Waals surface area contributed by atoms with Gasteiger partial charge < -0.3 is 10.5 Å². The van der Waals surface area contributed by atoms with Gasteiger partial charge in [-0.25, -0.2) is 0 Å². The summed E-state index contributed by atoms with van der Waals surface area (Å²) in [6.07, 6.45) is 0. The summed E-state index contributed by atoms with van der Waals surface area (Å²) in [6.45, 7) is 0. The number of nitrogens with zero attached hydrogens (tertiary/aromatic N) is 2. The first-order valence-electron chi connectivity index (χ1n) is 5.65. The molecule has 19 heavy (non-hydrogen) atoms. The number of benzene rings is 2. The van der Waals surface area contributed by atoms with Crippen molar-refractivity contribution in [1.29, 1.82) is 0 Å². The standard InChI is InChI=1S/C14H13N3O2/c1-19-11-7-8-12(14(15)18)13(9-11)17-16-10-5-3-2-4-6-10/h2-9H,1H3,(H2,15,18). The third-order valence-electron chi connectivity index (χ3n) is 2.50. The first-order valence-corrected chi connectivity index (χ1v) is 5.65. The highest BCUT2D eigenvalue weighted by Gasteiger charge is 2.09. The highest BCUT2D eigenvalue weighted by molar-refractivity contribution is 5.97. The van der Waals surface area contributed by atoms with Crippen LogP contribution in [-0.2, 0) is 0 Å².